The van der Waals surface area contributed by atoms with Crippen molar-refractivity contribution < 1.29 is 4.79 Å². The lowest BCUT2D eigenvalue weighted by molar-refractivity contribution is -0.123. The minimum Gasteiger partial charge on any atom is -0.354 e. The Morgan fingerprint density at radius 1 is 1.22 bits per heavy atom. The van der Waals surface area contributed by atoms with Crippen LogP contribution in [0.5, 0.6) is 0 Å². The number of halogens is 1. The van der Waals surface area contributed by atoms with E-state index < -0.39 is 0 Å². The number of nitrogens with zero attached hydrogens (tertiary/aromatic N) is 1. The maximum absolute atomic E-state index is 12.6. The van der Waals surface area contributed by atoms with Gasteiger partial charge in [0.15, 0.2) is 0 Å². The second kappa shape index (κ2) is 9.26. The normalized spacial score (nSPS) is 18.1. The Kier molecular flexibility index (Phi) is 8.03. The van der Waals surface area contributed by atoms with Gasteiger partial charge in [0.2, 0.25) is 5.91 Å². The number of amides is 1. The van der Waals surface area contributed by atoms with Crippen LogP contribution >= 0.6 is 12.4 Å². The Hall–Kier alpha value is -1.10. The predicted octanol–water partition coefficient (Wildman–Crippen LogP) is 2.53. The highest BCUT2D eigenvalue weighted by Gasteiger charge is 2.35. The topological polar surface area (TPSA) is 58.4 Å². The maximum atomic E-state index is 12.6. The summed E-state index contributed by atoms with van der Waals surface area (Å²) in [6.07, 6.45) is 6.09. The van der Waals surface area contributed by atoms with Crippen LogP contribution in [0.15, 0.2) is 30.3 Å². The fourth-order valence-corrected chi connectivity index (χ4v) is 3.45. The van der Waals surface area contributed by atoms with Gasteiger partial charge in [-0.1, -0.05) is 49.6 Å². The largest absolute Gasteiger partial charge is 0.354 e. The second-order valence-electron chi connectivity index (χ2n) is 6.60. The van der Waals surface area contributed by atoms with Crippen molar-refractivity contribution in [1.29, 1.82) is 0 Å². The summed E-state index contributed by atoms with van der Waals surface area (Å²) in [7, 11) is 4.24. The van der Waals surface area contributed by atoms with E-state index in [0.717, 1.165) is 18.4 Å². The molecule has 130 valence electrons. The minimum atomic E-state index is -0.260. The number of benzene rings is 1. The molecule has 1 atom stereocenters. The van der Waals surface area contributed by atoms with Crippen LogP contribution in [-0.2, 0) is 4.79 Å². The first-order chi connectivity index (χ1) is 10.6. The van der Waals surface area contributed by atoms with E-state index in [0.29, 0.717) is 13.1 Å². The molecule has 0 spiro atoms. The fraction of sp³-hybridized carbons (Fsp3) is 0.611. The molecule has 0 aromatic heterocycles. The summed E-state index contributed by atoms with van der Waals surface area (Å²) >= 11 is 0. The lowest BCUT2D eigenvalue weighted by Crippen LogP contribution is -2.54. The molecule has 3 N–H and O–H groups in total. The van der Waals surface area contributed by atoms with Gasteiger partial charge in [-0.2, -0.15) is 0 Å². The van der Waals surface area contributed by atoms with E-state index in [9.17, 15) is 4.79 Å². The highest BCUT2D eigenvalue weighted by molar-refractivity contribution is 5.85. The van der Waals surface area contributed by atoms with E-state index >= 15 is 0 Å². The summed E-state index contributed by atoms with van der Waals surface area (Å²) in [6, 6.07) is 9.80. The third kappa shape index (κ3) is 4.93. The van der Waals surface area contributed by atoms with E-state index in [1.165, 1.54) is 19.3 Å². The molecule has 4 nitrogen and oxygen atoms in total. The van der Waals surface area contributed by atoms with Gasteiger partial charge < -0.3 is 16.0 Å². The summed E-state index contributed by atoms with van der Waals surface area (Å²) in [4.78, 5) is 14.9. The van der Waals surface area contributed by atoms with Crippen molar-refractivity contribution in [3.63, 3.8) is 0 Å². The number of likely N-dealkylation sites (N-methyl/N-ethyl adjacent to an activating group) is 1. The number of carbonyl (C=O) groups is 1. The van der Waals surface area contributed by atoms with Crippen LogP contribution in [0.4, 0.5) is 0 Å². The number of nitrogens with two attached hydrogens (primary N) is 1. The highest BCUT2D eigenvalue weighted by atomic mass is 35.5. The zero-order valence-corrected chi connectivity index (χ0v) is 15.1. The molecule has 1 unspecified atom stereocenters. The molecule has 0 heterocycles. The summed E-state index contributed by atoms with van der Waals surface area (Å²) in [5, 5.41) is 3.16. The Labute approximate surface area is 146 Å². The van der Waals surface area contributed by atoms with Crippen LogP contribution in [-0.4, -0.2) is 43.5 Å². The zero-order valence-electron chi connectivity index (χ0n) is 14.3. The average molecular weight is 340 g/mol. The lowest BCUT2D eigenvalue weighted by atomic mass is 9.80. The summed E-state index contributed by atoms with van der Waals surface area (Å²) in [6.45, 7) is 1.05. The van der Waals surface area contributed by atoms with Crippen LogP contribution in [0.25, 0.3) is 0 Å². The predicted molar refractivity (Wildman–Crippen MR) is 98.0 cm³/mol. The van der Waals surface area contributed by atoms with E-state index in [4.69, 9.17) is 5.73 Å². The third-order valence-corrected chi connectivity index (χ3v) is 5.08. The smallest absolute Gasteiger partial charge is 0.228 e. The van der Waals surface area contributed by atoms with Gasteiger partial charge in [-0.3, -0.25) is 4.79 Å². The molecule has 5 heteroatoms. The Bertz CT molecular complexity index is 472. The number of hydrogen-bond donors (Lipinski definition) is 2. The van der Waals surface area contributed by atoms with Gasteiger partial charge in [-0.25, -0.2) is 0 Å². The first kappa shape index (κ1) is 19.9. The number of rotatable bonds is 6. The molecule has 1 fully saturated rings. The van der Waals surface area contributed by atoms with Crippen LogP contribution < -0.4 is 11.1 Å². The number of carbonyl (C=O) groups excluding carboxylic acids is 1. The molecule has 0 bridgehead atoms. The van der Waals surface area contributed by atoms with E-state index in [2.05, 4.69) is 24.3 Å². The Balaban J connectivity index is 0.00000264. The molecule has 23 heavy (non-hydrogen) atoms. The van der Waals surface area contributed by atoms with Gasteiger partial charge in [-0.15, -0.1) is 12.4 Å². The molecule has 1 saturated carbocycles. The molecular weight excluding hydrogens is 310 g/mol. The average Bonchev–Trinajstić information content (AvgIpc) is 2.55. The number of nitrogens with one attached hydrogen (secondary N) is 1. The minimum absolute atomic E-state index is 0. The van der Waals surface area contributed by atoms with E-state index in [1.54, 1.807) is 0 Å². The molecule has 1 aliphatic carbocycles. The van der Waals surface area contributed by atoms with Crippen LogP contribution in [0.1, 0.15) is 43.6 Å². The Morgan fingerprint density at radius 2 is 1.83 bits per heavy atom. The standard InChI is InChI=1S/C18H29N3O.ClH/c1-21(2)18(11-7-4-8-12-18)14-20-17(22)16(13-19)15-9-5-3-6-10-15;/h3,5-6,9-10,16H,4,7-8,11-14,19H2,1-2H3,(H,20,22);1H. The Morgan fingerprint density at radius 3 is 2.35 bits per heavy atom. The monoisotopic (exact) mass is 339 g/mol. The molecular formula is C18H30ClN3O. The van der Waals surface area contributed by atoms with Gasteiger partial charge in [0.05, 0.1) is 5.92 Å². The number of hydrogen-bond acceptors (Lipinski definition) is 3. The van der Waals surface area contributed by atoms with E-state index in [1.807, 2.05) is 30.3 Å². The van der Waals surface area contributed by atoms with Crippen LogP contribution in [0.3, 0.4) is 0 Å². The van der Waals surface area contributed by atoms with E-state index in [-0.39, 0.29) is 29.8 Å². The summed E-state index contributed by atoms with van der Waals surface area (Å²) < 4.78 is 0. The summed E-state index contributed by atoms with van der Waals surface area (Å²) in [5.41, 5.74) is 6.93. The highest BCUT2D eigenvalue weighted by Crippen LogP contribution is 2.31. The van der Waals surface area contributed by atoms with Crippen molar-refractivity contribution >= 4 is 18.3 Å². The van der Waals surface area contributed by atoms with Crippen molar-refractivity contribution in [2.45, 2.75) is 43.6 Å². The molecule has 0 aliphatic heterocycles. The molecule has 1 amide bonds. The molecule has 0 radical (unpaired) electrons. The molecule has 2 rings (SSSR count). The van der Waals surface area contributed by atoms with Gasteiger partial charge >= 0.3 is 0 Å². The molecule has 1 aromatic rings. The molecule has 0 saturated heterocycles. The van der Waals surface area contributed by atoms with Crippen molar-refractivity contribution in [2.24, 2.45) is 5.73 Å². The quantitative estimate of drug-likeness (QED) is 0.837. The zero-order chi connectivity index (χ0) is 16.0. The van der Waals surface area contributed by atoms with Gasteiger partial charge in [-0.05, 0) is 32.5 Å². The molecule has 1 aliphatic rings. The van der Waals surface area contributed by atoms with Crippen molar-refractivity contribution in [2.75, 3.05) is 27.2 Å². The first-order valence-electron chi connectivity index (χ1n) is 8.29. The maximum Gasteiger partial charge on any atom is 0.228 e. The van der Waals surface area contributed by atoms with Gasteiger partial charge in [0.25, 0.3) is 0 Å². The molecule has 1 aromatic carbocycles. The third-order valence-electron chi connectivity index (χ3n) is 5.08. The summed E-state index contributed by atoms with van der Waals surface area (Å²) in [5.74, 6) is -0.218. The fourth-order valence-electron chi connectivity index (χ4n) is 3.45. The first-order valence-corrected chi connectivity index (χ1v) is 8.29. The SMILES string of the molecule is CN(C)C1(CNC(=O)C(CN)c2ccccc2)CCCCC1.Cl. The van der Waals surface area contributed by atoms with Crippen LogP contribution in [0.2, 0.25) is 0 Å². The lowest BCUT2D eigenvalue weighted by Gasteiger charge is -2.43. The van der Waals surface area contributed by atoms with Gasteiger partial charge in [0, 0.05) is 18.6 Å². The van der Waals surface area contributed by atoms with Crippen molar-refractivity contribution in [3.8, 4) is 0 Å². The van der Waals surface area contributed by atoms with Crippen molar-refractivity contribution in [1.82, 2.24) is 10.2 Å². The second-order valence-corrected chi connectivity index (χ2v) is 6.60. The van der Waals surface area contributed by atoms with Crippen LogP contribution in [0, 0.1) is 0 Å². The van der Waals surface area contributed by atoms with Crippen molar-refractivity contribution in [3.05, 3.63) is 35.9 Å². The van der Waals surface area contributed by atoms with Gasteiger partial charge in [0.1, 0.15) is 0 Å².